The number of rotatable bonds is 5. The Morgan fingerprint density at radius 2 is 1.40 bits per heavy atom. The Morgan fingerprint density at radius 1 is 0.833 bits per heavy atom. The van der Waals surface area contributed by atoms with Crippen LogP contribution in [0.5, 0.6) is 0 Å². The van der Waals surface area contributed by atoms with Crippen molar-refractivity contribution in [2.45, 2.75) is 24.6 Å². The second kappa shape index (κ2) is 7.77. The van der Waals surface area contributed by atoms with Crippen LogP contribution in [0.15, 0.2) is 78.9 Å². The van der Waals surface area contributed by atoms with E-state index in [4.69, 9.17) is 0 Å². The van der Waals surface area contributed by atoms with E-state index in [9.17, 15) is 14.4 Å². The summed E-state index contributed by atoms with van der Waals surface area (Å²) in [5, 5.41) is 0. The van der Waals surface area contributed by atoms with E-state index >= 15 is 0 Å². The van der Waals surface area contributed by atoms with Gasteiger partial charge in [-0.15, -0.1) is 0 Å². The molecular weight excluding hydrogens is 440 g/mol. The highest BCUT2D eigenvalue weighted by Gasteiger charge is 2.57. The fraction of sp³-hybridized carbons (Fsp3) is 0.192. The third-order valence-electron chi connectivity index (χ3n) is 5.99. The van der Waals surface area contributed by atoms with Crippen LogP contribution in [0.3, 0.4) is 0 Å². The van der Waals surface area contributed by atoms with E-state index in [1.165, 1.54) is 0 Å². The van der Waals surface area contributed by atoms with Crippen LogP contribution < -0.4 is 0 Å². The van der Waals surface area contributed by atoms with Gasteiger partial charge in [0, 0.05) is 22.6 Å². The molecule has 0 saturated carbocycles. The van der Waals surface area contributed by atoms with E-state index in [-0.39, 0.29) is 17.3 Å². The molecule has 4 heteroatoms. The number of alkyl halides is 1. The fourth-order valence-corrected chi connectivity index (χ4v) is 5.49. The van der Waals surface area contributed by atoms with Gasteiger partial charge in [-0.05, 0) is 25.5 Å². The van der Waals surface area contributed by atoms with Crippen LogP contribution in [0.25, 0.3) is 0 Å². The van der Waals surface area contributed by atoms with Gasteiger partial charge in [0.25, 0.3) is 0 Å². The number of hydrogen-bond acceptors (Lipinski definition) is 3. The van der Waals surface area contributed by atoms with Gasteiger partial charge >= 0.3 is 0 Å². The zero-order chi connectivity index (χ0) is 21.5. The van der Waals surface area contributed by atoms with Gasteiger partial charge in [0.15, 0.2) is 17.3 Å². The Labute approximate surface area is 184 Å². The van der Waals surface area contributed by atoms with E-state index in [2.05, 4.69) is 15.9 Å². The fourth-order valence-electron chi connectivity index (χ4n) is 4.39. The third kappa shape index (κ3) is 3.16. The van der Waals surface area contributed by atoms with E-state index in [1.54, 1.807) is 37.3 Å². The Balaban J connectivity index is 1.85. The summed E-state index contributed by atoms with van der Waals surface area (Å²) in [6.07, 6.45) is 0. The van der Waals surface area contributed by atoms with Crippen molar-refractivity contribution in [1.29, 1.82) is 0 Å². The Bertz CT molecular complexity index is 1110. The van der Waals surface area contributed by atoms with Crippen LogP contribution in [-0.2, 0) is 0 Å². The molecule has 3 nitrogen and oxygen atoms in total. The highest BCUT2D eigenvalue weighted by molar-refractivity contribution is 9.10. The Hall–Kier alpha value is -2.85. The molecule has 0 amide bonds. The molecule has 3 aromatic carbocycles. The van der Waals surface area contributed by atoms with Gasteiger partial charge in [0.05, 0.1) is 4.83 Å². The Kier molecular flexibility index (Phi) is 5.29. The lowest BCUT2D eigenvalue weighted by molar-refractivity contribution is 0.0671. The molecule has 0 unspecified atom stereocenters. The lowest BCUT2D eigenvalue weighted by Crippen LogP contribution is -2.43. The zero-order valence-corrected chi connectivity index (χ0v) is 18.3. The van der Waals surface area contributed by atoms with Gasteiger partial charge in [-0.1, -0.05) is 94.3 Å². The summed E-state index contributed by atoms with van der Waals surface area (Å²) in [6.45, 7) is 3.60. The number of fused-ring (bicyclic) bond motifs is 1. The van der Waals surface area contributed by atoms with Gasteiger partial charge in [-0.2, -0.15) is 0 Å². The number of hydrogen-bond donors (Lipinski definition) is 0. The van der Waals surface area contributed by atoms with Gasteiger partial charge in [-0.3, -0.25) is 14.4 Å². The summed E-state index contributed by atoms with van der Waals surface area (Å²) in [6, 6.07) is 23.6. The van der Waals surface area contributed by atoms with Crippen LogP contribution in [0.4, 0.5) is 0 Å². The molecule has 0 N–H and O–H groups in total. The molecule has 1 aliphatic carbocycles. The van der Waals surface area contributed by atoms with Crippen LogP contribution in [-0.4, -0.2) is 22.2 Å². The predicted molar refractivity (Wildman–Crippen MR) is 121 cm³/mol. The number of benzene rings is 3. The van der Waals surface area contributed by atoms with Crippen molar-refractivity contribution in [1.82, 2.24) is 0 Å². The zero-order valence-electron chi connectivity index (χ0n) is 16.8. The lowest BCUT2D eigenvalue weighted by Gasteiger charge is -2.34. The summed E-state index contributed by atoms with van der Waals surface area (Å²) >= 11 is 3.60. The van der Waals surface area contributed by atoms with Crippen molar-refractivity contribution in [3.8, 4) is 0 Å². The minimum absolute atomic E-state index is 0.148. The summed E-state index contributed by atoms with van der Waals surface area (Å²) in [4.78, 5) is 39.7. The molecule has 4 rings (SSSR count). The largest absolute Gasteiger partial charge is 0.293 e. The summed E-state index contributed by atoms with van der Waals surface area (Å²) < 4.78 is 0. The normalized spacial score (nSPS) is 16.8. The number of halogens is 1. The van der Waals surface area contributed by atoms with E-state index < -0.39 is 16.2 Å². The SMILES string of the molecule is Cc1cccc(C(=O)[C@H](Br)[C@H](c2ccccc2)C2(C)C(=O)c3ccccc3C2=O)c1. The smallest absolute Gasteiger partial charge is 0.177 e. The molecule has 0 aromatic heterocycles. The molecule has 3 aromatic rings. The first-order valence-electron chi connectivity index (χ1n) is 9.84. The van der Waals surface area contributed by atoms with Crippen molar-refractivity contribution < 1.29 is 14.4 Å². The topological polar surface area (TPSA) is 51.2 Å². The van der Waals surface area contributed by atoms with Crippen molar-refractivity contribution >= 4 is 33.3 Å². The van der Waals surface area contributed by atoms with Crippen LogP contribution >= 0.6 is 15.9 Å². The number of carbonyl (C=O) groups is 3. The van der Waals surface area contributed by atoms with Gasteiger partial charge in [0.2, 0.25) is 0 Å². The monoisotopic (exact) mass is 460 g/mol. The molecule has 2 atom stereocenters. The van der Waals surface area contributed by atoms with Gasteiger partial charge in [0.1, 0.15) is 5.41 Å². The molecule has 0 spiro atoms. The molecule has 0 saturated heterocycles. The first-order chi connectivity index (χ1) is 14.4. The first-order valence-corrected chi connectivity index (χ1v) is 10.8. The molecule has 30 heavy (non-hydrogen) atoms. The van der Waals surface area contributed by atoms with Crippen LogP contribution in [0.1, 0.15) is 55.0 Å². The molecular formula is C26H21BrO3. The summed E-state index contributed by atoms with van der Waals surface area (Å²) in [5.74, 6) is -1.28. The summed E-state index contributed by atoms with van der Waals surface area (Å²) in [5.41, 5.74) is 1.78. The highest BCUT2D eigenvalue weighted by atomic mass is 79.9. The van der Waals surface area contributed by atoms with E-state index in [0.29, 0.717) is 16.7 Å². The molecule has 0 fully saturated rings. The summed E-state index contributed by atoms with van der Waals surface area (Å²) in [7, 11) is 0. The average Bonchev–Trinajstić information content (AvgIpc) is 2.96. The van der Waals surface area contributed by atoms with Crippen LogP contribution in [0, 0.1) is 12.3 Å². The molecule has 0 aliphatic heterocycles. The first kappa shape index (κ1) is 20.4. The van der Waals surface area contributed by atoms with Crippen molar-refractivity contribution in [3.05, 3.63) is 107 Å². The standard InChI is InChI=1S/C26H21BrO3/c1-16-9-8-12-18(15-16)23(28)22(27)21(17-10-4-3-5-11-17)26(2)24(29)19-13-6-7-14-20(19)25(26)30/h3-15,21-22H,1-2H3/t21-,22+/m0/s1. The van der Waals surface area contributed by atoms with Crippen molar-refractivity contribution in [2.24, 2.45) is 5.41 Å². The molecule has 0 bridgehead atoms. The number of ketones is 3. The number of carbonyl (C=O) groups excluding carboxylic acids is 3. The van der Waals surface area contributed by atoms with E-state index in [1.807, 2.05) is 55.5 Å². The minimum Gasteiger partial charge on any atom is -0.293 e. The van der Waals surface area contributed by atoms with Crippen molar-refractivity contribution in [3.63, 3.8) is 0 Å². The number of Topliss-reactive ketones (excluding diaryl/α,β-unsaturated/α-hetero) is 3. The molecule has 0 heterocycles. The maximum Gasteiger partial charge on any atom is 0.177 e. The lowest BCUT2D eigenvalue weighted by atomic mass is 9.67. The van der Waals surface area contributed by atoms with Crippen molar-refractivity contribution in [2.75, 3.05) is 0 Å². The molecule has 1 aliphatic rings. The number of aryl methyl sites for hydroxylation is 1. The maximum absolute atomic E-state index is 13.5. The second-order valence-corrected chi connectivity index (χ2v) is 8.92. The second-order valence-electron chi connectivity index (χ2n) is 7.93. The quantitative estimate of drug-likeness (QED) is 0.274. The van der Waals surface area contributed by atoms with Gasteiger partial charge < -0.3 is 0 Å². The van der Waals surface area contributed by atoms with E-state index in [0.717, 1.165) is 11.1 Å². The molecule has 150 valence electrons. The predicted octanol–water partition coefficient (Wildman–Crippen LogP) is 5.81. The average molecular weight is 461 g/mol. The minimum atomic E-state index is -1.38. The third-order valence-corrected chi connectivity index (χ3v) is 6.93. The van der Waals surface area contributed by atoms with Gasteiger partial charge in [-0.25, -0.2) is 0 Å². The Morgan fingerprint density at radius 3 is 1.97 bits per heavy atom. The molecule has 0 radical (unpaired) electrons. The maximum atomic E-state index is 13.5. The highest BCUT2D eigenvalue weighted by Crippen LogP contribution is 2.50. The van der Waals surface area contributed by atoms with Crippen LogP contribution in [0.2, 0.25) is 0 Å².